The van der Waals surface area contributed by atoms with Crippen LogP contribution in [0.3, 0.4) is 0 Å². The molecule has 0 unspecified atom stereocenters. The van der Waals surface area contributed by atoms with Crippen molar-refractivity contribution in [1.29, 1.82) is 0 Å². The van der Waals surface area contributed by atoms with Crippen LogP contribution in [0.1, 0.15) is 96.8 Å². The molecule has 0 spiro atoms. The quantitative estimate of drug-likeness (QED) is 0.755. The highest BCUT2D eigenvalue weighted by Crippen LogP contribution is 2.46. The molecule has 0 heterocycles. The Morgan fingerprint density at radius 2 is 1.48 bits per heavy atom. The summed E-state index contributed by atoms with van der Waals surface area (Å²) < 4.78 is 0. The Balaban J connectivity index is 1.87. The van der Waals surface area contributed by atoms with Crippen LogP contribution in [0, 0.1) is 11.3 Å². The second-order valence-electron chi connectivity index (χ2n) is 9.07. The summed E-state index contributed by atoms with van der Waals surface area (Å²) in [5.41, 5.74) is -0.121. The molecule has 132 valence electrons. The van der Waals surface area contributed by atoms with E-state index in [2.05, 4.69) is 20.1 Å². The summed E-state index contributed by atoms with van der Waals surface area (Å²) in [4.78, 5) is 12.2. The Kier molecular flexibility index (Phi) is 7.04. The van der Waals surface area contributed by atoms with Crippen molar-refractivity contribution in [3.8, 4) is 0 Å². The highest BCUT2D eigenvalue weighted by molar-refractivity contribution is 6.15. The molecule has 0 aromatic heterocycles. The van der Waals surface area contributed by atoms with E-state index in [-0.39, 0.29) is 11.3 Å². The monoisotopic (exact) mass is 319 g/mol. The molecule has 23 heavy (non-hydrogen) atoms. The largest absolute Gasteiger partial charge is 0.359 e. The van der Waals surface area contributed by atoms with Crippen LogP contribution in [0.25, 0.3) is 0 Å². The average molecular weight is 319 g/mol. The first kappa shape index (κ1) is 18.9. The van der Waals surface area contributed by atoms with E-state index >= 15 is 0 Å². The first-order valence-electron chi connectivity index (χ1n) is 10.2. The molecule has 0 aromatic rings. The lowest BCUT2D eigenvalue weighted by Crippen LogP contribution is -2.37. The van der Waals surface area contributed by atoms with Crippen molar-refractivity contribution in [2.75, 3.05) is 7.05 Å². The van der Waals surface area contributed by atoms with Gasteiger partial charge in [-0.25, -0.2) is 0 Å². The van der Waals surface area contributed by atoms with Gasteiger partial charge in [0.2, 0.25) is 5.91 Å². The lowest BCUT2D eigenvalue weighted by atomic mass is 9.57. The van der Waals surface area contributed by atoms with Crippen LogP contribution >= 0.6 is 0 Å². The average Bonchev–Trinajstić information content (AvgIpc) is 2.48. The number of carbonyl (C=O) groups is 1. The van der Waals surface area contributed by atoms with Crippen LogP contribution in [0.4, 0.5) is 0 Å². The molecule has 0 radical (unpaired) electrons. The van der Waals surface area contributed by atoms with Gasteiger partial charge in [-0.2, -0.15) is 0 Å². The van der Waals surface area contributed by atoms with Crippen LogP contribution in [0.15, 0.2) is 0 Å². The Labute approximate surface area is 145 Å². The minimum atomic E-state index is -0.121. The lowest BCUT2D eigenvalue weighted by molar-refractivity contribution is -0.130. The molecule has 2 fully saturated rings. The van der Waals surface area contributed by atoms with Crippen LogP contribution < -0.4 is 5.32 Å². The van der Waals surface area contributed by atoms with E-state index < -0.39 is 0 Å². The maximum absolute atomic E-state index is 12.2. The Bertz CT molecular complexity index is 364. The van der Waals surface area contributed by atoms with Crippen molar-refractivity contribution in [1.82, 2.24) is 5.32 Å². The minimum absolute atomic E-state index is 0.121. The maximum atomic E-state index is 12.2. The minimum Gasteiger partial charge on any atom is -0.359 e. The third kappa shape index (κ3) is 5.53. The zero-order valence-electron chi connectivity index (χ0n) is 15.9. The van der Waals surface area contributed by atoms with Crippen LogP contribution in [0.5, 0.6) is 0 Å². The van der Waals surface area contributed by atoms with Gasteiger partial charge in [-0.1, -0.05) is 89.3 Å². The SMILES string of the molecule is BC1(CC2CCCC(C)(C(=O)NC)CCC2)CCCCCCC1. The van der Waals surface area contributed by atoms with Gasteiger partial charge in [0, 0.05) is 12.5 Å². The smallest absolute Gasteiger partial charge is 0.225 e. The van der Waals surface area contributed by atoms with Crippen molar-refractivity contribution < 1.29 is 4.79 Å². The van der Waals surface area contributed by atoms with Gasteiger partial charge < -0.3 is 5.32 Å². The molecule has 2 saturated carbocycles. The van der Waals surface area contributed by atoms with Gasteiger partial charge in [-0.3, -0.25) is 4.79 Å². The third-order valence-corrected chi connectivity index (χ3v) is 6.80. The molecule has 0 atom stereocenters. The molecular formula is C20H38BNO. The van der Waals surface area contributed by atoms with Gasteiger partial charge in [-0.05, 0) is 18.8 Å². The number of nitrogens with one attached hydrogen (secondary N) is 1. The first-order valence-corrected chi connectivity index (χ1v) is 10.2. The van der Waals surface area contributed by atoms with E-state index in [9.17, 15) is 4.79 Å². The molecule has 0 aromatic carbocycles. The fraction of sp³-hybridized carbons (Fsp3) is 0.950. The summed E-state index contributed by atoms with van der Waals surface area (Å²) in [7, 11) is 4.34. The van der Waals surface area contributed by atoms with Gasteiger partial charge in [-0.15, -0.1) is 0 Å². The van der Waals surface area contributed by atoms with Gasteiger partial charge in [0.25, 0.3) is 0 Å². The highest BCUT2D eigenvalue weighted by atomic mass is 16.2. The summed E-state index contributed by atoms with van der Waals surface area (Å²) >= 11 is 0. The van der Waals surface area contributed by atoms with E-state index in [0.717, 1.165) is 18.8 Å². The van der Waals surface area contributed by atoms with Crippen molar-refractivity contribution in [2.45, 2.75) is 102 Å². The molecule has 1 N–H and O–H groups in total. The molecule has 0 bridgehead atoms. The summed E-state index contributed by atoms with van der Waals surface area (Å²) in [6, 6.07) is 0. The number of hydrogen-bond acceptors (Lipinski definition) is 1. The second-order valence-corrected chi connectivity index (χ2v) is 9.07. The van der Waals surface area contributed by atoms with Gasteiger partial charge in [0.15, 0.2) is 0 Å². The molecule has 2 nitrogen and oxygen atoms in total. The summed E-state index contributed by atoms with van der Waals surface area (Å²) in [5.74, 6) is 1.15. The standard InChI is InChI=1S/C20H38BNO/c1-19(18(23)22-2)12-8-10-17(11-9-13-19)16-20(21)14-6-4-3-5-7-15-20/h17H,3-16,21H2,1-2H3,(H,22,23). The molecule has 2 aliphatic carbocycles. The number of rotatable bonds is 3. The molecule has 1 amide bonds. The van der Waals surface area contributed by atoms with E-state index in [1.165, 1.54) is 77.0 Å². The van der Waals surface area contributed by atoms with E-state index in [0.29, 0.717) is 5.31 Å². The van der Waals surface area contributed by atoms with Crippen molar-refractivity contribution in [3.05, 3.63) is 0 Å². The van der Waals surface area contributed by atoms with Crippen LogP contribution in [-0.2, 0) is 4.79 Å². The summed E-state index contributed by atoms with van der Waals surface area (Å²) in [6.07, 6.45) is 18.8. The van der Waals surface area contributed by atoms with E-state index in [1.54, 1.807) is 7.05 Å². The fourth-order valence-corrected chi connectivity index (χ4v) is 5.22. The molecule has 0 saturated heterocycles. The lowest BCUT2D eigenvalue weighted by Gasteiger charge is -2.37. The molecule has 2 rings (SSSR count). The zero-order valence-corrected chi connectivity index (χ0v) is 15.9. The van der Waals surface area contributed by atoms with E-state index in [4.69, 9.17) is 0 Å². The predicted molar refractivity (Wildman–Crippen MR) is 102 cm³/mol. The second kappa shape index (κ2) is 8.58. The van der Waals surface area contributed by atoms with Crippen molar-refractivity contribution in [3.63, 3.8) is 0 Å². The van der Waals surface area contributed by atoms with Crippen LogP contribution in [0.2, 0.25) is 5.31 Å². The van der Waals surface area contributed by atoms with Crippen molar-refractivity contribution in [2.24, 2.45) is 11.3 Å². The number of hydrogen-bond donors (Lipinski definition) is 1. The molecule has 2 aliphatic rings. The Morgan fingerprint density at radius 1 is 0.957 bits per heavy atom. The van der Waals surface area contributed by atoms with Crippen molar-refractivity contribution >= 4 is 13.8 Å². The third-order valence-electron chi connectivity index (χ3n) is 6.80. The molecule has 3 heteroatoms. The number of amides is 1. The Morgan fingerprint density at radius 3 is 2.00 bits per heavy atom. The van der Waals surface area contributed by atoms with Crippen LogP contribution in [-0.4, -0.2) is 20.8 Å². The van der Waals surface area contributed by atoms with E-state index in [1.807, 2.05) is 0 Å². The first-order chi connectivity index (χ1) is 11.0. The number of carbonyl (C=O) groups excluding carboxylic acids is 1. The summed E-state index contributed by atoms with van der Waals surface area (Å²) in [5, 5.41) is 3.47. The maximum Gasteiger partial charge on any atom is 0.225 e. The Hall–Kier alpha value is -0.465. The van der Waals surface area contributed by atoms with Gasteiger partial charge >= 0.3 is 0 Å². The molecule has 0 aliphatic heterocycles. The van der Waals surface area contributed by atoms with Gasteiger partial charge in [0.1, 0.15) is 7.85 Å². The van der Waals surface area contributed by atoms with Gasteiger partial charge in [0.05, 0.1) is 0 Å². The molecular weight excluding hydrogens is 281 g/mol. The summed E-state index contributed by atoms with van der Waals surface area (Å²) in [6.45, 7) is 2.17. The predicted octanol–water partition coefficient (Wildman–Crippen LogP) is 4.64. The fourth-order valence-electron chi connectivity index (χ4n) is 5.22. The normalized spacial score (nSPS) is 32.9. The highest BCUT2D eigenvalue weighted by Gasteiger charge is 2.35. The zero-order chi connectivity index (χ0) is 16.8. The topological polar surface area (TPSA) is 29.1 Å².